The van der Waals surface area contributed by atoms with Crippen LogP contribution in [0.3, 0.4) is 0 Å². The summed E-state index contributed by atoms with van der Waals surface area (Å²) in [6.07, 6.45) is 0. The van der Waals surface area contributed by atoms with Gasteiger partial charge in [0.1, 0.15) is 5.69 Å². The summed E-state index contributed by atoms with van der Waals surface area (Å²) < 4.78 is 5.43. The van der Waals surface area contributed by atoms with E-state index in [9.17, 15) is 14.9 Å². The average molecular weight is 412 g/mol. The van der Waals surface area contributed by atoms with Gasteiger partial charge < -0.3 is 15.4 Å². The maximum absolute atomic E-state index is 12.3. The highest BCUT2D eigenvalue weighted by molar-refractivity contribution is 5.95. The number of morpholine rings is 1. The molecular formula is C22H28N4O4. The number of hydrogen-bond donors (Lipinski definition) is 2. The van der Waals surface area contributed by atoms with Crippen LogP contribution in [0.4, 0.5) is 11.4 Å². The van der Waals surface area contributed by atoms with Crippen LogP contribution < -0.4 is 10.6 Å². The number of benzene rings is 2. The van der Waals surface area contributed by atoms with Gasteiger partial charge in [0, 0.05) is 37.3 Å². The number of hydrogen-bond acceptors (Lipinski definition) is 6. The lowest BCUT2D eigenvalue weighted by Crippen LogP contribution is -2.40. The van der Waals surface area contributed by atoms with Crippen LogP contribution in [0.1, 0.15) is 35.8 Å². The molecule has 1 aliphatic rings. The first-order chi connectivity index (χ1) is 14.4. The fraction of sp³-hybridized carbons (Fsp3) is 0.409. The molecule has 1 saturated heterocycles. The Hall–Kier alpha value is -2.97. The molecule has 0 bridgehead atoms. The van der Waals surface area contributed by atoms with Crippen molar-refractivity contribution in [3.05, 3.63) is 69.8 Å². The lowest BCUT2D eigenvalue weighted by Gasteiger charge is -2.31. The number of ether oxygens (including phenoxy) is 1. The first-order valence-corrected chi connectivity index (χ1v) is 10.1. The van der Waals surface area contributed by atoms with Gasteiger partial charge in [0.15, 0.2) is 0 Å². The number of nitro groups is 1. The van der Waals surface area contributed by atoms with Crippen molar-refractivity contribution in [2.24, 2.45) is 0 Å². The van der Waals surface area contributed by atoms with Gasteiger partial charge in [-0.1, -0.05) is 30.3 Å². The minimum atomic E-state index is -0.453. The molecule has 0 spiro atoms. The highest BCUT2D eigenvalue weighted by Crippen LogP contribution is 2.30. The number of nitro benzene ring substituents is 1. The summed E-state index contributed by atoms with van der Waals surface area (Å²) in [6, 6.07) is 14.2. The highest BCUT2D eigenvalue weighted by Gasteiger charge is 2.23. The number of rotatable bonds is 8. The topological polar surface area (TPSA) is 96.7 Å². The van der Waals surface area contributed by atoms with Gasteiger partial charge in [0.25, 0.3) is 11.6 Å². The minimum absolute atomic E-state index is 0.0506. The molecule has 0 saturated carbocycles. The molecule has 0 aliphatic carbocycles. The third kappa shape index (κ3) is 5.77. The van der Waals surface area contributed by atoms with Crippen molar-refractivity contribution in [2.45, 2.75) is 25.9 Å². The van der Waals surface area contributed by atoms with Crippen molar-refractivity contribution in [1.82, 2.24) is 10.2 Å². The van der Waals surface area contributed by atoms with Gasteiger partial charge in [-0.05, 0) is 31.5 Å². The highest BCUT2D eigenvalue weighted by atomic mass is 16.6. The third-order valence-corrected chi connectivity index (χ3v) is 4.95. The fourth-order valence-corrected chi connectivity index (χ4v) is 3.44. The molecule has 160 valence electrons. The van der Waals surface area contributed by atoms with E-state index in [2.05, 4.69) is 15.5 Å². The predicted molar refractivity (Wildman–Crippen MR) is 116 cm³/mol. The molecule has 1 heterocycles. The predicted octanol–water partition coefficient (Wildman–Crippen LogP) is 3.22. The number of amides is 1. The lowest BCUT2D eigenvalue weighted by atomic mass is 10.0. The molecule has 1 fully saturated rings. The van der Waals surface area contributed by atoms with Crippen LogP contribution in [-0.4, -0.2) is 54.6 Å². The second kappa shape index (κ2) is 10.2. The monoisotopic (exact) mass is 412 g/mol. The minimum Gasteiger partial charge on any atom is -0.379 e. The zero-order chi connectivity index (χ0) is 21.5. The van der Waals surface area contributed by atoms with E-state index in [4.69, 9.17) is 4.74 Å². The van der Waals surface area contributed by atoms with E-state index < -0.39 is 4.92 Å². The summed E-state index contributed by atoms with van der Waals surface area (Å²) in [5, 5.41) is 17.8. The van der Waals surface area contributed by atoms with E-state index in [0.717, 1.165) is 18.7 Å². The summed E-state index contributed by atoms with van der Waals surface area (Å²) >= 11 is 0. The summed E-state index contributed by atoms with van der Waals surface area (Å²) in [6.45, 7) is 7.39. The molecule has 1 aliphatic heterocycles. The van der Waals surface area contributed by atoms with Crippen molar-refractivity contribution in [2.75, 3.05) is 38.2 Å². The van der Waals surface area contributed by atoms with Crippen molar-refractivity contribution >= 4 is 17.3 Å². The van der Waals surface area contributed by atoms with Crippen LogP contribution in [0.25, 0.3) is 0 Å². The van der Waals surface area contributed by atoms with Crippen LogP contribution in [0, 0.1) is 10.1 Å². The first-order valence-electron chi connectivity index (χ1n) is 10.1. The second-order valence-electron chi connectivity index (χ2n) is 7.64. The normalized spacial score (nSPS) is 15.6. The smallest absolute Gasteiger partial charge is 0.293 e. The molecule has 8 nitrogen and oxygen atoms in total. The van der Waals surface area contributed by atoms with Gasteiger partial charge in [0.2, 0.25) is 0 Å². The van der Waals surface area contributed by atoms with E-state index in [0.29, 0.717) is 25.4 Å². The van der Waals surface area contributed by atoms with Crippen molar-refractivity contribution in [3.8, 4) is 0 Å². The third-order valence-electron chi connectivity index (χ3n) is 4.95. The standard InChI is InChI=1S/C22H28N4O4/c1-16(2)23-22(27)18-8-9-19(21(14-18)26(28)29)24-20(17-6-4-3-5-7-17)15-25-10-12-30-13-11-25/h3-9,14,16,20,24H,10-13,15H2,1-2H3,(H,23,27). The number of anilines is 1. The average Bonchev–Trinajstić information content (AvgIpc) is 2.74. The van der Waals surface area contributed by atoms with Crippen LogP contribution in [-0.2, 0) is 4.74 Å². The number of nitrogens with one attached hydrogen (secondary N) is 2. The molecule has 3 rings (SSSR count). The first kappa shape index (κ1) is 21.7. The Balaban J connectivity index is 1.87. The molecule has 1 unspecified atom stereocenters. The van der Waals surface area contributed by atoms with E-state index in [1.807, 2.05) is 44.2 Å². The van der Waals surface area contributed by atoms with Crippen molar-refractivity contribution in [1.29, 1.82) is 0 Å². The summed E-state index contributed by atoms with van der Waals surface area (Å²) in [5.41, 5.74) is 1.59. The summed E-state index contributed by atoms with van der Waals surface area (Å²) in [5.74, 6) is -0.326. The van der Waals surface area contributed by atoms with Gasteiger partial charge in [-0.15, -0.1) is 0 Å². The van der Waals surface area contributed by atoms with Gasteiger partial charge in [0.05, 0.1) is 24.2 Å². The lowest BCUT2D eigenvalue weighted by molar-refractivity contribution is -0.384. The Bertz CT molecular complexity index is 867. The molecule has 0 aromatic heterocycles. The van der Waals surface area contributed by atoms with Crippen LogP contribution in [0.15, 0.2) is 48.5 Å². The fourth-order valence-electron chi connectivity index (χ4n) is 3.44. The number of carbonyl (C=O) groups is 1. The van der Waals surface area contributed by atoms with E-state index in [1.54, 1.807) is 12.1 Å². The maximum Gasteiger partial charge on any atom is 0.293 e. The van der Waals surface area contributed by atoms with E-state index >= 15 is 0 Å². The Morgan fingerprint density at radius 2 is 1.87 bits per heavy atom. The SMILES string of the molecule is CC(C)NC(=O)c1ccc(NC(CN2CCOCC2)c2ccccc2)c([N+](=O)[O-])c1. The van der Waals surface area contributed by atoms with E-state index in [-0.39, 0.29) is 29.2 Å². The Morgan fingerprint density at radius 1 is 1.17 bits per heavy atom. The van der Waals surface area contributed by atoms with E-state index in [1.165, 1.54) is 6.07 Å². The molecular weight excluding hydrogens is 384 g/mol. The maximum atomic E-state index is 12.3. The number of carbonyl (C=O) groups excluding carboxylic acids is 1. The molecule has 2 aromatic rings. The molecule has 2 N–H and O–H groups in total. The Kier molecular flexibility index (Phi) is 7.37. The Labute approximate surface area is 176 Å². The largest absolute Gasteiger partial charge is 0.379 e. The molecule has 2 aromatic carbocycles. The van der Waals surface area contributed by atoms with Crippen molar-refractivity contribution in [3.63, 3.8) is 0 Å². The van der Waals surface area contributed by atoms with Crippen molar-refractivity contribution < 1.29 is 14.5 Å². The zero-order valence-electron chi connectivity index (χ0n) is 17.3. The van der Waals surface area contributed by atoms with Gasteiger partial charge in [-0.25, -0.2) is 0 Å². The molecule has 8 heteroatoms. The molecule has 1 atom stereocenters. The molecule has 1 amide bonds. The molecule has 30 heavy (non-hydrogen) atoms. The zero-order valence-corrected chi connectivity index (χ0v) is 17.3. The number of nitrogens with zero attached hydrogens (tertiary/aromatic N) is 2. The van der Waals surface area contributed by atoms with Gasteiger partial charge in [-0.2, -0.15) is 0 Å². The Morgan fingerprint density at radius 3 is 2.50 bits per heavy atom. The van der Waals surface area contributed by atoms with Gasteiger partial charge >= 0.3 is 0 Å². The second-order valence-corrected chi connectivity index (χ2v) is 7.64. The summed E-state index contributed by atoms with van der Waals surface area (Å²) in [4.78, 5) is 25.8. The van der Waals surface area contributed by atoms with Crippen LogP contribution >= 0.6 is 0 Å². The molecule has 0 radical (unpaired) electrons. The van der Waals surface area contributed by atoms with Crippen LogP contribution in [0.2, 0.25) is 0 Å². The summed E-state index contributed by atoms with van der Waals surface area (Å²) in [7, 11) is 0. The van der Waals surface area contributed by atoms with Crippen LogP contribution in [0.5, 0.6) is 0 Å². The quantitative estimate of drug-likeness (QED) is 0.510. The van der Waals surface area contributed by atoms with Gasteiger partial charge in [-0.3, -0.25) is 19.8 Å².